The van der Waals surface area contributed by atoms with Crippen LogP contribution in [0.5, 0.6) is 0 Å². The Morgan fingerprint density at radius 3 is 2.60 bits per heavy atom. The third kappa shape index (κ3) is 2.35. The lowest BCUT2D eigenvalue weighted by Crippen LogP contribution is -1.94. The molecule has 3 aromatic rings. The van der Waals surface area contributed by atoms with Gasteiger partial charge in [-0.3, -0.25) is 0 Å². The molecular weight excluding hydrogens is 326 g/mol. The quantitative estimate of drug-likeness (QED) is 0.796. The summed E-state index contributed by atoms with van der Waals surface area (Å²) in [6.45, 7) is 0. The van der Waals surface area contributed by atoms with Gasteiger partial charge in [0.05, 0.1) is 16.4 Å². The molecule has 7 heteroatoms. The molecule has 100 valence electrons. The number of rotatable bonds is 3. The third-order valence-electron chi connectivity index (χ3n) is 2.70. The van der Waals surface area contributed by atoms with Crippen LogP contribution in [-0.4, -0.2) is 26.0 Å². The number of nitrogens with zero attached hydrogens (tertiary/aromatic N) is 3. The molecule has 0 saturated carbocycles. The van der Waals surface area contributed by atoms with Crippen LogP contribution in [0.1, 0.15) is 10.5 Å². The number of benzene rings is 1. The van der Waals surface area contributed by atoms with E-state index in [1.54, 1.807) is 10.9 Å². The first-order valence-corrected chi connectivity index (χ1v) is 6.44. The molecule has 2 aromatic heterocycles. The lowest BCUT2D eigenvalue weighted by molar-refractivity contribution is 0.0686. The Morgan fingerprint density at radius 1 is 1.30 bits per heavy atom. The monoisotopic (exact) mass is 333 g/mol. The summed E-state index contributed by atoms with van der Waals surface area (Å²) in [6.07, 6.45) is 3.54. The van der Waals surface area contributed by atoms with Crippen molar-refractivity contribution in [1.29, 1.82) is 0 Å². The number of carboxylic acids is 1. The summed E-state index contributed by atoms with van der Waals surface area (Å²) in [7, 11) is 0. The first-order valence-electron chi connectivity index (χ1n) is 5.64. The van der Waals surface area contributed by atoms with Gasteiger partial charge in [0.25, 0.3) is 0 Å². The molecule has 1 N–H and O–H groups in total. The van der Waals surface area contributed by atoms with Crippen LogP contribution in [0.25, 0.3) is 17.0 Å². The van der Waals surface area contributed by atoms with Crippen molar-refractivity contribution < 1.29 is 14.4 Å². The maximum absolute atomic E-state index is 10.7. The SMILES string of the molecule is O=C(O)c1cc(-c2ccc(-n3cc(Br)cn3)cc2)on1. The average Bonchev–Trinajstić information content (AvgIpc) is 3.08. The van der Waals surface area contributed by atoms with Gasteiger partial charge in [-0.2, -0.15) is 5.10 Å². The second-order valence-electron chi connectivity index (χ2n) is 4.03. The van der Waals surface area contributed by atoms with Gasteiger partial charge in [0.15, 0.2) is 11.5 Å². The summed E-state index contributed by atoms with van der Waals surface area (Å²) >= 11 is 3.33. The number of aromatic nitrogens is 3. The van der Waals surface area contributed by atoms with Crippen LogP contribution in [-0.2, 0) is 0 Å². The number of carbonyl (C=O) groups is 1. The van der Waals surface area contributed by atoms with E-state index in [1.165, 1.54) is 6.07 Å². The maximum Gasteiger partial charge on any atom is 0.358 e. The van der Waals surface area contributed by atoms with Crippen molar-refractivity contribution in [3.63, 3.8) is 0 Å². The fraction of sp³-hybridized carbons (Fsp3) is 0. The second-order valence-corrected chi connectivity index (χ2v) is 4.95. The van der Waals surface area contributed by atoms with Gasteiger partial charge in [-0.05, 0) is 40.2 Å². The van der Waals surface area contributed by atoms with E-state index in [1.807, 2.05) is 30.5 Å². The molecule has 1 aromatic carbocycles. The van der Waals surface area contributed by atoms with E-state index < -0.39 is 5.97 Å². The Morgan fingerprint density at radius 2 is 2.05 bits per heavy atom. The molecule has 6 nitrogen and oxygen atoms in total. The summed E-state index contributed by atoms with van der Waals surface area (Å²) in [5, 5.41) is 16.5. The van der Waals surface area contributed by atoms with Crippen LogP contribution in [0.15, 0.2) is 51.7 Å². The van der Waals surface area contributed by atoms with E-state index >= 15 is 0 Å². The predicted molar refractivity (Wildman–Crippen MR) is 73.7 cm³/mol. The van der Waals surface area contributed by atoms with Crippen molar-refractivity contribution in [1.82, 2.24) is 14.9 Å². The highest BCUT2D eigenvalue weighted by Crippen LogP contribution is 2.22. The van der Waals surface area contributed by atoms with Gasteiger partial charge in [0.2, 0.25) is 0 Å². The van der Waals surface area contributed by atoms with Gasteiger partial charge >= 0.3 is 5.97 Å². The van der Waals surface area contributed by atoms with Gasteiger partial charge in [-0.25, -0.2) is 9.48 Å². The molecule has 20 heavy (non-hydrogen) atoms. The van der Waals surface area contributed by atoms with Crippen LogP contribution in [0, 0.1) is 0 Å². The molecular formula is C13H8BrN3O3. The van der Waals surface area contributed by atoms with Gasteiger partial charge in [-0.15, -0.1) is 0 Å². The molecule has 0 spiro atoms. The van der Waals surface area contributed by atoms with Crippen molar-refractivity contribution in [2.75, 3.05) is 0 Å². The van der Waals surface area contributed by atoms with Crippen molar-refractivity contribution in [3.05, 3.63) is 52.9 Å². The maximum atomic E-state index is 10.7. The van der Waals surface area contributed by atoms with Gasteiger partial charge in [-0.1, -0.05) is 5.16 Å². The van der Waals surface area contributed by atoms with E-state index in [-0.39, 0.29) is 5.69 Å². The van der Waals surface area contributed by atoms with Gasteiger partial charge in [0, 0.05) is 17.8 Å². The van der Waals surface area contributed by atoms with Crippen molar-refractivity contribution in [2.45, 2.75) is 0 Å². The van der Waals surface area contributed by atoms with Crippen molar-refractivity contribution in [3.8, 4) is 17.0 Å². The number of aromatic carboxylic acids is 1. The van der Waals surface area contributed by atoms with Crippen LogP contribution in [0.2, 0.25) is 0 Å². The average molecular weight is 334 g/mol. The molecule has 0 unspecified atom stereocenters. The molecule has 0 fully saturated rings. The van der Waals surface area contributed by atoms with Crippen molar-refractivity contribution in [2.24, 2.45) is 0 Å². The molecule has 3 rings (SSSR count). The molecule has 2 heterocycles. The molecule has 0 aliphatic carbocycles. The number of hydrogen-bond acceptors (Lipinski definition) is 4. The minimum atomic E-state index is -1.11. The number of hydrogen-bond donors (Lipinski definition) is 1. The lowest BCUT2D eigenvalue weighted by Gasteiger charge is -2.01. The molecule has 0 radical (unpaired) electrons. The minimum Gasteiger partial charge on any atom is -0.476 e. The molecule has 0 aliphatic heterocycles. The Kier molecular flexibility index (Phi) is 3.11. The Labute approximate surface area is 121 Å². The van der Waals surface area contributed by atoms with E-state index in [0.29, 0.717) is 5.76 Å². The van der Waals surface area contributed by atoms with E-state index in [9.17, 15) is 4.79 Å². The Bertz CT molecular complexity index is 761. The first-order chi connectivity index (χ1) is 9.63. The Balaban J connectivity index is 1.90. The summed E-state index contributed by atoms with van der Waals surface area (Å²) in [6, 6.07) is 8.74. The standard InChI is InChI=1S/C13H8BrN3O3/c14-9-6-15-17(7-9)10-3-1-8(2-4-10)12-5-11(13(18)19)16-20-12/h1-7H,(H,18,19). The van der Waals surface area contributed by atoms with E-state index in [2.05, 4.69) is 26.2 Å². The van der Waals surface area contributed by atoms with Gasteiger partial charge in [0.1, 0.15) is 0 Å². The predicted octanol–water partition coefficient (Wildman–Crippen LogP) is 2.99. The molecule has 0 bridgehead atoms. The highest BCUT2D eigenvalue weighted by molar-refractivity contribution is 9.10. The molecule has 0 atom stereocenters. The van der Waals surface area contributed by atoms with Crippen LogP contribution >= 0.6 is 15.9 Å². The molecule has 0 amide bonds. The highest BCUT2D eigenvalue weighted by atomic mass is 79.9. The largest absolute Gasteiger partial charge is 0.476 e. The third-order valence-corrected chi connectivity index (χ3v) is 3.11. The number of halogens is 1. The second kappa shape index (κ2) is 4.93. The van der Waals surface area contributed by atoms with E-state index in [4.69, 9.17) is 9.63 Å². The smallest absolute Gasteiger partial charge is 0.358 e. The highest BCUT2D eigenvalue weighted by Gasteiger charge is 2.12. The van der Waals surface area contributed by atoms with Crippen LogP contribution < -0.4 is 0 Å². The lowest BCUT2D eigenvalue weighted by atomic mass is 10.1. The van der Waals surface area contributed by atoms with Crippen LogP contribution in [0.3, 0.4) is 0 Å². The van der Waals surface area contributed by atoms with Crippen molar-refractivity contribution >= 4 is 21.9 Å². The molecule has 0 aliphatic rings. The normalized spacial score (nSPS) is 10.7. The molecule has 0 saturated heterocycles. The number of carboxylic acid groups (broad SMARTS) is 1. The summed E-state index contributed by atoms with van der Waals surface area (Å²) in [5.41, 5.74) is 1.53. The summed E-state index contributed by atoms with van der Waals surface area (Å²) in [5.74, 6) is -0.700. The summed E-state index contributed by atoms with van der Waals surface area (Å²) < 4.78 is 7.61. The zero-order chi connectivity index (χ0) is 14.1. The topological polar surface area (TPSA) is 81.1 Å². The fourth-order valence-corrected chi connectivity index (χ4v) is 2.02. The zero-order valence-corrected chi connectivity index (χ0v) is 11.6. The van der Waals surface area contributed by atoms with E-state index in [0.717, 1.165) is 15.7 Å². The first kappa shape index (κ1) is 12.6. The van der Waals surface area contributed by atoms with Gasteiger partial charge < -0.3 is 9.63 Å². The summed E-state index contributed by atoms with van der Waals surface area (Å²) in [4.78, 5) is 10.7. The minimum absolute atomic E-state index is 0.111. The zero-order valence-electron chi connectivity index (χ0n) is 10.0. The fourth-order valence-electron chi connectivity index (χ4n) is 1.73. The van der Waals surface area contributed by atoms with Crippen LogP contribution in [0.4, 0.5) is 0 Å². The Hall–Kier alpha value is -2.41.